The molecule has 0 radical (unpaired) electrons. The van der Waals surface area contributed by atoms with E-state index in [1.165, 1.54) is 57.8 Å². The molecule has 0 amide bonds. The number of carbonyl (C=O) groups excluding carboxylic acids is 1. The van der Waals surface area contributed by atoms with Crippen LogP contribution in [-0.4, -0.2) is 35.5 Å². The Kier molecular flexibility index (Phi) is 15.8. The lowest BCUT2D eigenvalue weighted by Crippen LogP contribution is -2.21. The van der Waals surface area contributed by atoms with Crippen molar-refractivity contribution in [1.29, 1.82) is 0 Å². The Morgan fingerprint density at radius 3 is 2.00 bits per heavy atom. The van der Waals surface area contributed by atoms with Gasteiger partial charge in [0.05, 0.1) is 6.61 Å². The van der Waals surface area contributed by atoms with Crippen LogP contribution in [0.2, 0.25) is 0 Å². The maximum atomic E-state index is 11.4. The summed E-state index contributed by atoms with van der Waals surface area (Å²) in [6.07, 6.45) is 13.2. The van der Waals surface area contributed by atoms with Crippen LogP contribution in [0.5, 0.6) is 0 Å². The maximum absolute atomic E-state index is 11.4. The van der Waals surface area contributed by atoms with E-state index in [0.29, 0.717) is 6.42 Å². The van der Waals surface area contributed by atoms with Crippen LogP contribution in [0.15, 0.2) is 0 Å². The third-order valence-electron chi connectivity index (χ3n) is 4.42. The van der Waals surface area contributed by atoms with Gasteiger partial charge in [-0.05, 0) is 12.3 Å². The molecule has 0 heterocycles. The Bertz CT molecular complexity index is 268. The first kappa shape index (κ1) is 22.4. The van der Waals surface area contributed by atoms with Gasteiger partial charge in [0.2, 0.25) is 0 Å². The molecule has 2 atom stereocenters. The molecular weight excluding hydrogens is 292 g/mol. The molecule has 0 aromatic carbocycles. The van der Waals surface area contributed by atoms with Crippen molar-refractivity contribution in [2.45, 2.75) is 97.0 Å². The van der Waals surface area contributed by atoms with Crippen LogP contribution < -0.4 is 0 Å². The summed E-state index contributed by atoms with van der Waals surface area (Å²) < 4.78 is 4.85. The van der Waals surface area contributed by atoms with Crippen LogP contribution in [-0.2, 0) is 9.53 Å². The number of carbonyl (C=O) groups is 1. The molecule has 2 N–H and O–H groups in total. The molecule has 23 heavy (non-hydrogen) atoms. The third-order valence-corrected chi connectivity index (χ3v) is 4.42. The van der Waals surface area contributed by atoms with E-state index in [0.717, 1.165) is 18.8 Å². The van der Waals surface area contributed by atoms with Gasteiger partial charge >= 0.3 is 5.97 Å². The number of hydrogen-bond acceptors (Lipinski definition) is 4. The van der Waals surface area contributed by atoms with Crippen molar-refractivity contribution in [3.63, 3.8) is 0 Å². The summed E-state index contributed by atoms with van der Waals surface area (Å²) in [5, 5.41) is 17.7. The van der Waals surface area contributed by atoms with Crippen LogP contribution in [0.4, 0.5) is 0 Å². The Morgan fingerprint density at radius 2 is 1.48 bits per heavy atom. The van der Waals surface area contributed by atoms with Crippen molar-refractivity contribution in [3.05, 3.63) is 0 Å². The molecule has 0 saturated carbocycles. The Balaban J connectivity index is 3.20. The van der Waals surface area contributed by atoms with E-state index in [1.807, 2.05) is 0 Å². The van der Waals surface area contributed by atoms with Crippen molar-refractivity contribution in [2.24, 2.45) is 5.92 Å². The fraction of sp³-hybridized carbons (Fsp3) is 0.947. The van der Waals surface area contributed by atoms with Crippen LogP contribution >= 0.6 is 0 Å². The van der Waals surface area contributed by atoms with E-state index < -0.39 is 6.10 Å². The molecule has 0 aliphatic heterocycles. The monoisotopic (exact) mass is 330 g/mol. The minimum absolute atomic E-state index is 0.105. The molecule has 2 unspecified atom stereocenters. The number of aliphatic hydroxyl groups is 2. The molecule has 4 heteroatoms. The first-order valence-electron chi connectivity index (χ1n) is 9.54. The topological polar surface area (TPSA) is 66.8 Å². The molecule has 0 aromatic heterocycles. The molecular formula is C19H38O4. The highest BCUT2D eigenvalue weighted by Gasteiger charge is 2.07. The van der Waals surface area contributed by atoms with Crippen molar-refractivity contribution in [1.82, 2.24) is 0 Å². The van der Waals surface area contributed by atoms with Gasteiger partial charge in [-0.15, -0.1) is 0 Å². The normalized spacial score (nSPS) is 13.7. The molecule has 0 spiro atoms. The average molecular weight is 331 g/mol. The fourth-order valence-electron chi connectivity index (χ4n) is 2.52. The lowest BCUT2D eigenvalue weighted by Gasteiger charge is -2.08. The SMILES string of the molecule is CCC(C)CCCCCCCCCCCC(=O)OCC(O)CO. The lowest BCUT2D eigenvalue weighted by molar-refractivity contribution is -0.147. The standard InChI is InChI=1S/C19H38O4/c1-3-17(2)13-11-9-7-5-4-6-8-10-12-14-19(22)23-16-18(21)15-20/h17-18,20-21H,3-16H2,1-2H3. The van der Waals surface area contributed by atoms with Gasteiger partial charge in [0.1, 0.15) is 12.7 Å². The summed E-state index contributed by atoms with van der Waals surface area (Å²) in [6, 6.07) is 0. The number of ether oxygens (including phenoxy) is 1. The van der Waals surface area contributed by atoms with Crippen LogP contribution in [0.1, 0.15) is 90.9 Å². The third kappa shape index (κ3) is 16.0. The predicted octanol–water partition coefficient (Wildman–Crippen LogP) is 4.22. The van der Waals surface area contributed by atoms with Gasteiger partial charge in [-0.25, -0.2) is 0 Å². The highest BCUT2D eigenvalue weighted by Crippen LogP contribution is 2.15. The first-order chi connectivity index (χ1) is 11.1. The van der Waals surface area contributed by atoms with E-state index in [-0.39, 0.29) is 19.2 Å². The Morgan fingerprint density at radius 1 is 0.957 bits per heavy atom. The summed E-state index contributed by atoms with van der Waals surface area (Å²) in [5.41, 5.74) is 0. The second-order valence-corrected chi connectivity index (χ2v) is 6.75. The molecule has 0 rings (SSSR count). The van der Waals surface area contributed by atoms with Gasteiger partial charge in [0, 0.05) is 6.42 Å². The van der Waals surface area contributed by atoms with Crippen molar-refractivity contribution < 1.29 is 19.7 Å². The van der Waals surface area contributed by atoms with Gasteiger partial charge in [-0.2, -0.15) is 0 Å². The van der Waals surface area contributed by atoms with Crippen molar-refractivity contribution in [3.8, 4) is 0 Å². The number of rotatable bonds is 16. The minimum atomic E-state index is -0.955. The summed E-state index contributed by atoms with van der Waals surface area (Å²) in [4.78, 5) is 11.4. The first-order valence-corrected chi connectivity index (χ1v) is 9.54. The van der Waals surface area contributed by atoms with Crippen molar-refractivity contribution in [2.75, 3.05) is 13.2 Å². The highest BCUT2D eigenvalue weighted by molar-refractivity contribution is 5.69. The number of aliphatic hydroxyl groups excluding tert-OH is 2. The molecule has 4 nitrogen and oxygen atoms in total. The molecule has 0 aromatic rings. The summed E-state index contributed by atoms with van der Waals surface area (Å²) in [6.45, 7) is 4.13. The zero-order valence-corrected chi connectivity index (χ0v) is 15.3. The highest BCUT2D eigenvalue weighted by atomic mass is 16.5. The predicted molar refractivity (Wildman–Crippen MR) is 94.3 cm³/mol. The number of unbranched alkanes of at least 4 members (excludes halogenated alkanes) is 8. The van der Waals surface area contributed by atoms with Gasteiger partial charge < -0.3 is 14.9 Å². The van der Waals surface area contributed by atoms with Crippen LogP contribution in [0, 0.1) is 5.92 Å². The quantitative estimate of drug-likeness (QED) is 0.328. The van der Waals surface area contributed by atoms with Crippen LogP contribution in [0.3, 0.4) is 0 Å². The van der Waals surface area contributed by atoms with Gasteiger partial charge in [0.15, 0.2) is 0 Å². The summed E-state index contributed by atoms with van der Waals surface area (Å²) in [7, 11) is 0. The van der Waals surface area contributed by atoms with E-state index in [2.05, 4.69) is 13.8 Å². The van der Waals surface area contributed by atoms with Crippen LogP contribution in [0.25, 0.3) is 0 Å². The molecule has 0 bridgehead atoms. The largest absolute Gasteiger partial charge is 0.463 e. The maximum Gasteiger partial charge on any atom is 0.305 e. The van der Waals surface area contributed by atoms with E-state index in [9.17, 15) is 4.79 Å². The van der Waals surface area contributed by atoms with Gasteiger partial charge in [-0.3, -0.25) is 4.79 Å². The number of esters is 1. The van der Waals surface area contributed by atoms with Gasteiger partial charge in [-0.1, -0.05) is 78.1 Å². The summed E-state index contributed by atoms with van der Waals surface area (Å²) >= 11 is 0. The minimum Gasteiger partial charge on any atom is -0.463 e. The molecule has 0 fully saturated rings. The smallest absolute Gasteiger partial charge is 0.305 e. The fourth-order valence-corrected chi connectivity index (χ4v) is 2.52. The molecule has 138 valence electrons. The summed E-state index contributed by atoms with van der Waals surface area (Å²) in [5.74, 6) is 0.604. The van der Waals surface area contributed by atoms with E-state index in [1.54, 1.807) is 0 Å². The van der Waals surface area contributed by atoms with E-state index in [4.69, 9.17) is 14.9 Å². The second kappa shape index (κ2) is 16.3. The zero-order chi connectivity index (χ0) is 17.3. The average Bonchev–Trinajstić information content (AvgIpc) is 2.56. The molecule has 0 aliphatic carbocycles. The number of hydrogen-bond donors (Lipinski definition) is 2. The Labute approximate surface area is 142 Å². The van der Waals surface area contributed by atoms with Gasteiger partial charge in [0.25, 0.3) is 0 Å². The lowest BCUT2D eigenvalue weighted by atomic mass is 9.99. The van der Waals surface area contributed by atoms with E-state index >= 15 is 0 Å². The second-order valence-electron chi connectivity index (χ2n) is 6.75. The molecule has 0 aliphatic rings. The Hall–Kier alpha value is -0.610. The van der Waals surface area contributed by atoms with Crippen molar-refractivity contribution >= 4 is 5.97 Å². The molecule has 0 saturated heterocycles. The zero-order valence-electron chi connectivity index (χ0n) is 15.3.